The van der Waals surface area contributed by atoms with Gasteiger partial charge >= 0.3 is 0 Å². The average Bonchev–Trinajstić information content (AvgIpc) is 3.44. The summed E-state index contributed by atoms with van der Waals surface area (Å²) < 4.78 is 19.4. The molecule has 0 radical (unpaired) electrons. The van der Waals surface area contributed by atoms with Gasteiger partial charge < -0.3 is 19.3 Å². The first-order chi connectivity index (χ1) is 19.7. The van der Waals surface area contributed by atoms with Crippen molar-refractivity contribution in [1.29, 1.82) is 0 Å². The highest BCUT2D eigenvalue weighted by atomic mass is 16.7. The van der Waals surface area contributed by atoms with Gasteiger partial charge in [0, 0.05) is 16.7 Å². The van der Waals surface area contributed by atoms with Crippen molar-refractivity contribution in [2.24, 2.45) is 28.6 Å². The summed E-state index contributed by atoms with van der Waals surface area (Å²) in [6, 6.07) is 14.0. The molecule has 5 aliphatic rings. The van der Waals surface area contributed by atoms with Gasteiger partial charge in [-0.1, -0.05) is 69.2 Å². The van der Waals surface area contributed by atoms with E-state index in [1.165, 1.54) is 0 Å². The largest absolute Gasteiger partial charge is 0.486 e. The molecule has 1 aliphatic heterocycles. The Balaban J connectivity index is 1.21. The fourth-order valence-corrected chi connectivity index (χ4v) is 9.52. The van der Waals surface area contributed by atoms with E-state index in [9.17, 15) is 14.7 Å². The molecule has 2 aromatic carbocycles. The summed E-state index contributed by atoms with van der Waals surface area (Å²) >= 11 is 0. The number of ether oxygens (including phenoxy) is 3. The Morgan fingerprint density at radius 2 is 1.95 bits per heavy atom. The molecule has 0 bridgehead atoms. The minimum Gasteiger partial charge on any atom is -0.486 e. The molecule has 0 aromatic heterocycles. The Morgan fingerprint density at radius 3 is 2.76 bits per heavy atom. The number of hydrogen-bond acceptors (Lipinski definition) is 6. The first kappa shape index (κ1) is 27.1. The molecule has 1 heterocycles. The topological polar surface area (TPSA) is 82.1 Å². The second-order valence-corrected chi connectivity index (χ2v) is 13.4. The van der Waals surface area contributed by atoms with Crippen LogP contribution in [0.15, 0.2) is 66.3 Å². The number of aliphatic hydroxyl groups is 1. The molecule has 0 amide bonds. The Labute approximate surface area is 241 Å². The number of aliphatic hydroxyl groups excluding tert-OH is 1. The van der Waals surface area contributed by atoms with E-state index < -0.39 is 23.4 Å². The van der Waals surface area contributed by atoms with Gasteiger partial charge in [-0.25, -0.2) is 0 Å². The molecule has 7 rings (SSSR count). The summed E-state index contributed by atoms with van der Waals surface area (Å²) in [5, 5.41) is 14.1. The van der Waals surface area contributed by atoms with Crippen LogP contribution in [-0.4, -0.2) is 47.4 Å². The maximum absolute atomic E-state index is 14.4. The molecule has 6 nitrogen and oxygen atoms in total. The van der Waals surface area contributed by atoms with Crippen LogP contribution >= 0.6 is 0 Å². The van der Waals surface area contributed by atoms with E-state index in [4.69, 9.17) is 14.2 Å². The van der Waals surface area contributed by atoms with Crippen molar-refractivity contribution in [2.45, 2.75) is 83.4 Å². The second kappa shape index (κ2) is 9.62. The number of rotatable bonds is 6. The zero-order valence-corrected chi connectivity index (χ0v) is 24.2. The highest BCUT2D eigenvalue weighted by molar-refractivity contribution is 6.01. The standard InChI is InChI=1S/C35H40O6/c1-4-7-31-40-30-18-27-26-13-11-23-17-24(36)14-15-33(23,2)32(26)28(37)19-34(27,3)35(30,41-31)29(38)20-39-25-12-10-21-8-5-6-9-22(21)16-25/h5-6,8-10,12,14-17,26-28,30-32,37H,4,7,11,13,18-20H2,1-3H3/t26?,27?,28-,30+,31?,32?,33?,34?,35-/m0/s1. The summed E-state index contributed by atoms with van der Waals surface area (Å²) in [5.74, 6) is 0.901. The van der Waals surface area contributed by atoms with E-state index in [1.54, 1.807) is 12.2 Å². The Hall–Kier alpha value is -2.80. The number of carbonyl (C=O) groups is 2. The zero-order valence-electron chi connectivity index (χ0n) is 24.2. The fourth-order valence-electron chi connectivity index (χ4n) is 9.52. The number of allylic oxidation sites excluding steroid dienone is 4. The molecule has 1 N–H and O–H groups in total. The van der Waals surface area contributed by atoms with Crippen molar-refractivity contribution in [1.82, 2.24) is 0 Å². The van der Waals surface area contributed by atoms with E-state index >= 15 is 0 Å². The summed E-state index contributed by atoms with van der Waals surface area (Å²) in [6.45, 7) is 6.30. The van der Waals surface area contributed by atoms with Gasteiger partial charge in [0.05, 0.1) is 12.2 Å². The van der Waals surface area contributed by atoms with Gasteiger partial charge in [0.15, 0.2) is 17.7 Å². The molecule has 41 heavy (non-hydrogen) atoms. The van der Waals surface area contributed by atoms with E-state index in [2.05, 4.69) is 26.8 Å². The molecule has 6 unspecified atom stereocenters. The first-order valence-electron chi connectivity index (χ1n) is 15.3. The molecule has 4 aliphatic carbocycles. The van der Waals surface area contributed by atoms with Crippen molar-refractivity contribution >= 4 is 22.3 Å². The lowest BCUT2D eigenvalue weighted by molar-refractivity contribution is -0.200. The molecular weight excluding hydrogens is 516 g/mol. The maximum Gasteiger partial charge on any atom is 0.205 e. The maximum atomic E-state index is 14.4. The minimum atomic E-state index is -1.17. The van der Waals surface area contributed by atoms with Gasteiger partial charge in [-0.15, -0.1) is 0 Å². The van der Waals surface area contributed by atoms with Crippen molar-refractivity contribution in [3.8, 4) is 5.75 Å². The lowest BCUT2D eigenvalue weighted by Crippen LogP contribution is -2.63. The van der Waals surface area contributed by atoms with E-state index in [0.717, 1.165) is 48.4 Å². The van der Waals surface area contributed by atoms with Crippen molar-refractivity contribution in [3.05, 3.63) is 66.3 Å². The SMILES string of the molecule is CCCC1O[C@@H]2CC3C4CCC5=CC(=O)C=CC5(C)C4[C@@H](O)CC3(C)[C@@]2(C(=O)COc2ccc3ccccc3c2)O1. The summed E-state index contributed by atoms with van der Waals surface area (Å²) in [5.41, 5.74) is -1.01. The van der Waals surface area contributed by atoms with Crippen molar-refractivity contribution in [3.63, 3.8) is 0 Å². The van der Waals surface area contributed by atoms with Gasteiger partial charge in [0.1, 0.15) is 12.4 Å². The molecule has 1 saturated heterocycles. The number of hydrogen-bond donors (Lipinski definition) is 1. The van der Waals surface area contributed by atoms with E-state index in [-0.39, 0.29) is 47.4 Å². The summed E-state index contributed by atoms with van der Waals surface area (Å²) in [7, 11) is 0. The number of benzene rings is 2. The number of fused-ring (bicyclic) bond motifs is 8. The van der Waals surface area contributed by atoms with Crippen LogP contribution in [0.3, 0.4) is 0 Å². The number of Topliss-reactive ketones (excluding diaryl/α,β-unsaturated/α-hetero) is 1. The van der Waals surface area contributed by atoms with Crippen LogP contribution in [0.25, 0.3) is 10.8 Å². The predicted octanol–water partition coefficient (Wildman–Crippen LogP) is 5.96. The third-order valence-corrected chi connectivity index (χ3v) is 11.3. The first-order valence-corrected chi connectivity index (χ1v) is 15.3. The van der Waals surface area contributed by atoms with Gasteiger partial charge in [-0.2, -0.15) is 0 Å². The van der Waals surface area contributed by atoms with Crippen molar-refractivity contribution < 1.29 is 28.9 Å². The molecule has 0 spiro atoms. The Kier molecular flexibility index (Phi) is 6.35. The monoisotopic (exact) mass is 556 g/mol. The zero-order chi connectivity index (χ0) is 28.6. The molecular formula is C35H40O6. The molecule has 216 valence electrons. The number of carbonyl (C=O) groups excluding carboxylic acids is 2. The van der Waals surface area contributed by atoms with Crippen LogP contribution in [0.4, 0.5) is 0 Å². The minimum absolute atomic E-state index is 0.0174. The van der Waals surface area contributed by atoms with E-state index in [1.807, 2.05) is 42.5 Å². The smallest absolute Gasteiger partial charge is 0.205 e. The molecule has 3 saturated carbocycles. The third kappa shape index (κ3) is 3.87. The predicted molar refractivity (Wildman–Crippen MR) is 155 cm³/mol. The van der Waals surface area contributed by atoms with Crippen LogP contribution < -0.4 is 4.74 Å². The fraction of sp³-hybridized carbons (Fsp3) is 0.543. The van der Waals surface area contributed by atoms with Gasteiger partial charge in [0.2, 0.25) is 5.78 Å². The normalized spacial score (nSPS) is 40.9. The van der Waals surface area contributed by atoms with Crippen LogP contribution in [0.1, 0.15) is 59.3 Å². The third-order valence-electron chi connectivity index (χ3n) is 11.3. The van der Waals surface area contributed by atoms with Gasteiger partial charge in [-0.05, 0) is 79.0 Å². The van der Waals surface area contributed by atoms with Crippen LogP contribution in [0.5, 0.6) is 5.75 Å². The molecule has 2 aromatic rings. The van der Waals surface area contributed by atoms with Crippen LogP contribution in [-0.2, 0) is 19.1 Å². The second-order valence-electron chi connectivity index (χ2n) is 13.4. The highest BCUT2D eigenvalue weighted by Crippen LogP contribution is 2.69. The molecule has 6 heteroatoms. The van der Waals surface area contributed by atoms with Crippen LogP contribution in [0, 0.1) is 28.6 Å². The Morgan fingerprint density at radius 1 is 1.15 bits per heavy atom. The number of ketones is 2. The van der Waals surface area contributed by atoms with E-state index in [0.29, 0.717) is 12.2 Å². The highest BCUT2D eigenvalue weighted by Gasteiger charge is 2.75. The quantitative estimate of drug-likeness (QED) is 0.473. The van der Waals surface area contributed by atoms with Gasteiger partial charge in [-0.3, -0.25) is 9.59 Å². The lowest BCUT2D eigenvalue weighted by atomic mass is 9.46. The lowest BCUT2D eigenvalue weighted by Gasteiger charge is -2.59. The summed E-state index contributed by atoms with van der Waals surface area (Å²) in [6.07, 6.45) is 8.50. The molecule has 9 atom stereocenters. The summed E-state index contributed by atoms with van der Waals surface area (Å²) in [4.78, 5) is 26.6. The van der Waals surface area contributed by atoms with Crippen molar-refractivity contribution in [2.75, 3.05) is 6.61 Å². The van der Waals surface area contributed by atoms with Gasteiger partial charge in [0.25, 0.3) is 0 Å². The van der Waals surface area contributed by atoms with Crippen LogP contribution in [0.2, 0.25) is 0 Å². The average molecular weight is 557 g/mol. The molecule has 4 fully saturated rings. The Bertz CT molecular complexity index is 1460.